The van der Waals surface area contributed by atoms with Crippen LogP contribution in [0.25, 0.3) is 0 Å². The van der Waals surface area contributed by atoms with Gasteiger partial charge in [0.2, 0.25) is 5.91 Å². The van der Waals surface area contributed by atoms with Crippen LogP contribution in [0.3, 0.4) is 0 Å². The molecule has 1 radical (unpaired) electrons. The molecule has 481 valence electrons. The van der Waals surface area contributed by atoms with E-state index in [9.17, 15) is 9.59 Å². The van der Waals surface area contributed by atoms with Gasteiger partial charge >= 0.3 is 5.97 Å². The number of hydrogen-bond acceptors (Lipinski definition) is 15. The van der Waals surface area contributed by atoms with Crippen molar-refractivity contribution in [2.45, 2.75) is 210 Å². The van der Waals surface area contributed by atoms with E-state index in [1.165, 1.54) is 0 Å². The fraction of sp³-hybridized carbons (Fsp3) is 0.473. The van der Waals surface area contributed by atoms with E-state index < -0.39 is 85.4 Å². The SMILES string of the molecule is C[C@@H]1O[C@@H](O[C@@H]2[CH]O[C@H](COCc3ccccc3)[C@H](NC(=O)CCCCCCCCCCC(=O)OCc3ccccc3)[C@@H]2OCc2ccccc2)[C@@H]2OC(C)(C)O[C@@H]2[C@H]1O[C@@H]1OC[C@@H](OCc2ccccc2)[C@H](OCc2ccccc2)[C@H]1OCc1ccccc1. The van der Waals surface area contributed by atoms with Gasteiger partial charge in [-0.1, -0.05) is 221 Å². The van der Waals surface area contributed by atoms with Gasteiger partial charge in [-0.15, -0.1) is 0 Å². The second-order valence-electron chi connectivity index (χ2n) is 24.2. The minimum absolute atomic E-state index is 0.126. The molecule has 4 aliphatic rings. The Labute approximate surface area is 531 Å². The highest BCUT2D eigenvalue weighted by Gasteiger charge is 2.58. The number of carbonyl (C=O) groups is 2. The maximum absolute atomic E-state index is 14.2. The van der Waals surface area contributed by atoms with E-state index in [2.05, 4.69) is 5.32 Å². The highest BCUT2D eigenvalue weighted by molar-refractivity contribution is 5.76. The van der Waals surface area contributed by atoms with Gasteiger partial charge in [-0.05, 0) is 67.0 Å². The lowest BCUT2D eigenvalue weighted by atomic mass is 9.95. The molecule has 10 rings (SSSR count). The molecule has 4 aliphatic heterocycles. The maximum atomic E-state index is 14.2. The lowest BCUT2D eigenvalue weighted by molar-refractivity contribution is -0.349. The number of unbranched alkanes of at least 4 members (excludes halogenated alkanes) is 7. The largest absolute Gasteiger partial charge is 0.461 e. The van der Waals surface area contributed by atoms with Crippen molar-refractivity contribution in [3.05, 3.63) is 222 Å². The van der Waals surface area contributed by atoms with Gasteiger partial charge in [0.15, 0.2) is 18.4 Å². The van der Waals surface area contributed by atoms with Crippen LogP contribution in [0, 0.1) is 6.61 Å². The minimum Gasteiger partial charge on any atom is -0.461 e. The smallest absolute Gasteiger partial charge is 0.306 e. The van der Waals surface area contributed by atoms with E-state index in [0.29, 0.717) is 45.7 Å². The normalized spacial score (nSPS) is 26.3. The maximum Gasteiger partial charge on any atom is 0.306 e. The summed E-state index contributed by atoms with van der Waals surface area (Å²) < 4.78 is 87.0. The molecular formula is C74H90NO15. The Bertz CT molecular complexity index is 2990. The Hall–Kier alpha value is -6.22. The van der Waals surface area contributed by atoms with Gasteiger partial charge in [0.25, 0.3) is 0 Å². The van der Waals surface area contributed by atoms with Crippen molar-refractivity contribution in [2.75, 3.05) is 13.2 Å². The van der Waals surface area contributed by atoms with Crippen molar-refractivity contribution in [1.29, 1.82) is 0 Å². The Morgan fingerprint density at radius 2 is 0.944 bits per heavy atom. The van der Waals surface area contributed by atoms with Crippen molar-refractivity contribution in [2.24, 2.45) is 0 Å². The third-order valence-electron chi connectivity index (χ3n) is 16.7. The Kier molecular flexibility index (Phi) is 25.9. The summed E-state index contributed by atoms with van der Waals surface area (Å²) in [5, 5.41) is 3.34. The number of carbonyl (C=O) groups excluding carboxylic acids is 2. The fourth-order valence-electron chi connectivity index (χ4n) is 11.9. The van der Waals surface area contributed by atoms with E-state index in [4.69, 9.17) is 61.6 Å². The average Bonchev–Trinajstić information content (AvgIpc) is 1.76. The fourth-order valence-corrected chi connectivity index (χ4v) is 11.9. The zero-order chi connectivity index (χ0) is 62.2. The van der Waals surface area contributed by atoms with Crippen LogP contribution in [-0.4, -0.2) is 111 Å². The van der Waals surface area contributed by atoms with Crippen molar-refractivity contribution in [3.63, 3.8) is 0 Å². The highest BCUT2D eigenvalue weighted by atomic mass is 16.8. The summed E-state index contributed by atoms with van der Waals surface area (Å²) in [7, 11) is 0. The molecular weight excluding hydrogens is 1140 g/mol. The number of amides is 1. The van der Waals surface area contributed by atoms with E-state index in [0.717, 1.165) is 78.3 Å². The molecule has 4 fully saturated rings. The van der Waals surface area contributed by atoms with E-state index in [-0.39, 0.29) is 38.3 Å². The summed E-state index contributed by atoms with van der Waals surface area (Å²) in [5.74, 6) is -1.36. The molecule has 16 nitrogen and oxygen atoms in total. The van der Waals surface area contributed by atoms with E-state index >= 15 is 0 Å². The topological polar surface area (TPSA) is 166 Å². The number of rotatable bonds is 34. The Balaban J connectivity index is 0.812. The number of ether oxygens (including phenoxy) is 13. The molecule has 0 bridgehead atoms. The zero-order valence-electron chi connectivity index (χ0n) is 52.3. The molecule has 1 N–H and O–H groups in total. The van der Waals surface area contributed by atoms with Crippen LogP contribution >= 0.6 is 0 Å². The summed E-state index contributed by atoms with van der Waals surface area (Å²) in [4.78, 5) is 26.5. The highest BCUT2D eigenvalue weighted by Crippen LogP contribution is 2.42. The quantitative estimate of drug-likeness (QED) is 0.0299. The number of hydrogen-bond donors (Lipinski definition) is 1. The van der Waals surface area contributed by atoms with Gasteiger partial charge in [0, 0.05) is 12.8 Å². The van der Waals surface area contributed by atoms with Gasteiger partial charge in [-0.2, -0.15) is 0 Å². The van der Waals surface area contributed by atoms with Crippen molar-refractivity contribution in [3.8, 4) is 0 Å². The summed E-state index contributed by atoms with van der Waals surface area (Å²) in [6.45, 7) is 9.37. The molecule has 6 aromatic carbocycles. The first-order valence-electron chi connectivity index (χ1n) is 32.3. The van der Waals surface area contributed by atoms with E-state index in [1.807, 2.05) is 203 Å². The molecule has 16 heteroatoms. The number of esters is 1. The van der Waals surface area contributed by atoms with Gasteiger partial charge < -0.3 is 66.9 Å². The molecule has 0 spiro atoms. The first-order valence-corrected chi connectivity index (χ1v) is 32.3. The second-order valence-corrected chi connectivity index (χ2v) is 24.2. The lowest BCUT2D eigenvalue weighted by Gasteiger charge is -2.47. The first-order chi connectivity index (χ1) is 44.1. The molecule has 0 unspecified atom stereocenters. The van der Waals surface area contributed by atoms with Crippen molar-refractivity contribution in [1.82, 2.24) is 5.32 Å². The zero-order valence-corrected chi connectivity index (χ0v) is 52.3. The molecule has 0 saturated carbocycles. The van der Waals surface area contributed by atoms with Crippen molar-refractivity contribution >= 4 is 11.9 Å². The second kappa shape index (κ2) is 35.0. The number of benzene rings is 6. The standard InChI is InChI=1S/C74H90NO15/c1-53-66(88-72-70(84-49-59-40-26-15-27-41-59)68(83-48-58-38-24-14-25-39-58)61(51-85-72)79-45-55-32-18-11-19-33-55)69-71(90-74(2,3)89-69)73(86-53)87-62-52-80-60(50-78-44-54-30-16-10-17-31-54)65(67(62)82-47-57-36-22-13-23-37-57)75-63(76)42-28-8-6-4-5-7-9-29-43-64(77)81-46-56-34-20-12-21-35-56/h10-27,30-41,52-53,60-62,65-73H,4-9,28-29,42-51H2,1-3H3,(H,75,76)/t53-,60+,61+,62+,65-,66-,67+,68-,69+,70+,71+,72-,73-/m0/s1. The van der Waals surface area contributed by atoms with Gasteiger partial charge in [0.05, 0.1) is 58.4 Å². The molecule has 90 heavy (non-hydrogen) atoms. The summed E-state index contributed by atoms with van der Waals surface area (Å²) >= 11 is 0. The molecule has 4 heterocycles. The lowest BCUT2D eigenvalue weighted by Crippen LogP contribution is -2.65. The number of fused-ring (bicyclic) bond motifs is 1. The first kappa shape index (κ1) is 66.7. The minimum atomic E-state index is -1.08. The van der Waals surface area contributed by atoms with E-state index in [1.54, 1.807) is 6.61 Å². The molecule has 13 atom stereocenters. The summed E-state index contributed by atoms with van der Waals surface area (Å²) in [6, 6.07) is 58.9. The molecule has 6 aromatic rings. The molecule has 0 aliphatic carbocycles. The van der Waals surface area contributed by atoms with Crippen LogP contribution in [0.4, 0.5) is 0 Å². The third kappa shape index (κ3) is 20.4. The molecule has 1 amide bonds. The molecule has 0 aromatic heterocycles. The van der Waals surface area contributed by atoms with Crippen LogP contribution in [0.1, 0.15) is 118 Å². The van der Waals surface area contributed by atoms with Gasteiger partial charge in [-0.25, -0.2) is 0 Å². The predicted molar refractivity (Wildman–Crippen MR) is 337 cm³/mol. The van der Waals surface area contributed by atoms with Gasteiger partial charge in [-0.3, -0.25) is 9.59 Å². The average molecular weight is 1230 g/mol. The summed E-state index contributed by atoms with van der Waals surface area (Å²) in [6.07, 6.45) is -0.781. The monoisotopic (exact) mass is 1230 g/mol. The van der Waals surface area contributed by atoms with Gasteiger partial charge in [0.1, 0.15) is 68.1 Å². The van der Waals surface area contributed by atoms with Crippen molar-refractivity contribution < 1.29 is 71.2 Å². The van der Waals surface area contributed by atoms with Crippen LogP contribution < -0.4 is 5.32 Å². The van der Waals surface area contributed by atoms with Crippen LogP contribution in [0.5, 0.6) is 0 Å². The molecule has 4 saturated heterocycles. The predicted octanol–water partition coefficient (Wildman–Crippen LogP) is 12.6. The third-order valence-corrected chi connectivity index (χ3v) is 16.7. The number of nitrogens with one attached hydrogen (secondary N) is 1. The van der Waals surface area contributed by atoms with Crippen LogP contribution in [-0.2, 0) is 111 Å². The van der Waals surface area contributed by atoms with Crippen LogP contribution in [0.15, 0.2) is 182 Å². The Morgan fingerprint density at radius 3 is 1.49 bits per heavy atom. The summed E-state index contributed by atoms with van der Waals surface area (Å²) in [5.41, 5.74) is 5.93. The van der Waals surface area contributed by atoms with Crippen LogP contribution in [0.2, 0.25) is 0 Å². The Morgan fingerprint density at radius 1 is 0.489 bits per heavy atom.